The summed E-state index contributed by atoms with van der Waals surface area (Å²) in [5.74, 6) is -0.424. The van der Waals surface area contributed by atoms with Crippen molar-refractivity contribution in [2.45, 2.75) is 71.1 Å². The van der Waals surface area contributed by atoms with E-state index >= 15 is 0 Å². The molecule has 0 saturated heterocycles. The highest BCUT2D eigenvalue weighted by Crippen LogP contribution is 2.23. The Labute approximate surface area is 316 Å². The van der Waals surface area contributed by atoms with Crippen molar-refractivity contribution in [1.82, 2.24) is 16.1 Å². The molecular weight excluding hydrogens is 699 g/mol. The number of phenols is 1. The van der Waals surface area contributed by atoms with Crippen LogP contribution >= 0.6 is 21.6 Å². The number of carbonyl (C=O) groups excluding carboxylic acids is 4. The van der Waals surface area contributed by atoms with E-state index in [1.54, 1.807) is 51.9 Å². The number of para-hydroxylation sites is 2. The Bertz CT molecular complexity index is 1480. The van der Waals surface area contributed by atoms with E-state index < -0.39 is 5.97 Å². The molecule has 10 nitrogen and oxygen atoms in total. The molecule has 2 aromatic rings. The van der Waals surface area contributed by atoms with Gasteiger partial charge in [-0.15, -0.1) is 0 Å². The monoisotopic (exact) mass is 751 g/mol. The van der Waals surface area contributed by atoms with Crippen LogP contribution < -0.4 is 20.9 Å². The summed E-state index contributed by atoms with van der Waals surface area (Å²) in [5.41, 5.74) is 2.78. The number of rotatable bonds is 27. The van der Waals surface area contributed by atoms with Crippen LogP contribution in [0.1, 0.15) is 91.8 Å². The van der Waals surface area contributed by atoms with Gasteiger partial charge in [0, 0.05) is 44.0 Å². The number of carbonyl (C=O) groups is 4. The molecule has 0 atom stereocenters. The molecule has 2 rings (SSSR count). The molecule has 0 aliphatic rings. The fourth-order valence-electron chi connectivity index (χ4n) is 4.41. The summed E-state index contributed by atoms with van der Waals surface area (Å²) < 4.78 is 5.38. The Morgan fingerprint density at radius 1 is 0.692 bits per heavy atom. The van der Waals surface area contributed by atoms with Gasteiger partial charge in [0.25, 0.3) is 5.91 Å². The van der Waals surface area contributed by atoms with Gasteiger partial charge in [-0.25, -0.2) is 4.79 Å². The van der Waals surface area contributed by atoms with Gasteiger partial charge in [-0.2, -0.15) is 5.48 Å². The molecular formula is C40H53N3O7S2. The van der Waals surface area contributed by atoms with E-state index in [4.69, 9.17) is 9.57 Å². The Kier molecular flexibility index (Phi) is 24.8. The zero-order chi connectivity index (χ0) is 37.5. The van der Waals surface area contributed by atoms with Crippen LogP contribution in [0.4, 0.5) is 0 Å². The minimum atomic E-state index is -0.761. The number of allylic oxidation sites excluding steroid dienone is 8. The Morgan fingerprint density at radius 3 is 2.00 bits per heavy atom. The molecule has 52 heavy (non-hydrogen) atoms. The number of hydrogen-bond acceptors (Lipinski definition) is 10. The number of amides is 2. The van der Waals surface area contributed by atoms with Crippen molar-refractivity contribution in [3.8, 4) is 11.5 Å². The largest absolute Gasteiger partial charge is 0.507 e. The molecule has 0 aromatic heterocycles. The van der Waals surface area contributed by atoms with Gasteiger partial charge in [0.2, 0.25) is 5.91 Å². The van der Waals surface area contributed by atoms with Crippen molar-refractivity contribution >= 4 is 45.3 Å². The van der Waals surface area contributed by atoms with Crippen molar-refractivity contribution in [2.24, 2.45) is 0 Å². The molecule has 0 radical (unpaired) electrons. The van der Waals surface area contributed by atoms with E-state index in [1.807, 2.05) is 0 Å². The van der Waals surface area contributed by atoms with E-state index in [0.29, 0.717) is 37.4 Å². The number of benzene rings is 2. The molecule has 2 amide bonds. The maximum atomic E-state index is 12.7. The summed E-state index contributed by atoms with van der Waals surface area (Å²) >= 11 is 0. The molecule has 0 fully saturated rings. The molecule has 0 bridgehead atoms. The van der Waals surface area contributed by atoms with E-state index in [-0.39, 0.29) is 53.4 Å². The number of hydrogen-bond donors (Lipinski definition) is 4. The van der Waals surface area contributed by atoms with Crippen LogP contribution in [0.5, 0.6) is 11.5 Å². The number of phenolic OH excluding ortho intramolecular Hbond substituents is 1. The molecule has 4 N–H and O–H groups in total. The standard InChI is InChI=1S/C40H53N3O7S2/c1-2-3-4-5-6-7-8-9-10-11-12-13-14-15-16-17-26-38(46)50-43-28-27-37(45)41-29-31-51-52-32-30-42-39(47)34-23-19-21-25-36(34)49-40(48)33-22-18-20-24-35(33)44/h3-4,6-7,9-10,14-15,18-25,43-44H,2,5,8,11-13,16-17,26-32H2,1H3,(H,41,45)(H,42,47)/b4-3-,7-6-,10-9-,15-14-. The normalized spacial score (nSPS) is 11.5. The number of unbranched alkanes of at least 4 members (excludes halogenated alkanes) is 3. The molecule has 12 heteroatoms. The van der Waals surface area contributed by atoms with E-state index in [2.05, 4.69) is 71.6 Å². The van der Waals surface area contributed by atoms with Crippen molar-refractivity contribution in [1.29, 1.82) is 0 Å². The summed E-state index contributed by atoms with van der Waals surface area (Å²) in [6.07, 6.45) is 25.8. The lowest BCUT2D eigenvalue weighted by Crippen LogP contribution is -2.30. The third-order valence-electron chi connectivity index (χ3n) is 7.10. The number of ether oxygens (including phenoxy) is 1. The van der Waals surface area contributed by atoms with Crippen LogP contribution in [0, 0.1) is 0 Å². The first-order valence-corrected chi connectivity index (χ1v) is 20.3. The summed E-state index contributed by atoms with van der Waals surface area (Å²) in [6, 6.07) is 12.4. The molecule has 282 valence electrons. The fraction of sp³-hybridized carbons (Fsp3) is 0.400. The second-order valence-electron chi connectivity index (χ2n) is 11.4. The lowest BCUT2D eigenvalue weighted by atomic mass is 10.1. The van der Waals surface area contributed by atoms with Gasteiger partial charge in [0.15, 0.2) is 0 Å². The average molecular weight is 752 g/mol. The van der Waals surface area contributed by atoms with Gasteiger partial charge in [-0.1, -0.05) is 101 Å². The van der Waals surface area contributed by atoms with Crippen LogP contribution in [0.2, 0.25) is 0 Å². The van der Waals surface area contributed by atoms with Gasteiger partial charge in [0.1, 0.15) is 17.1 Å². The van der Waals surface area contributed by atoms with E-state index in [1.165, 1.54) is 18.2 Å². The maximum absolute atomic E-state index is 12.7. The number of hydroxylamine groups is 1. The number of nitrogens with one attached hydrogen (secondary N) is 3. The summed E-state index contributed by atoms with van der Waals surface area (Å²) in [6.45, 7) is 3.24. The van der Waals surface area contributed by atoms with E-state index in [0.717, 1.165) is 44.9 Å². The Balaban J connectivity index is 1.41. The van der Waals surface area contributed by atoms with Gasteiger partial charge in [-0.05, 0) is 75.6 Å². The first kappa shape index (κ1) is 43.9. The van der Waals surface area contributed by atoms with Gasteiger partial charge in [0.05, 0.1) is 5.56 Å². The molecule has 0 unspecified atom stereocenters. The van der Waals surface area contributed by atoms with Crippen molar-refractivity contribution in [3.05, 3.63) is 108 Å². The summed E-state index contributed by atoms with van der Waals surface area (Å²) in [4.78, 5) is 54.1. The molecule has 0 aliphatic carbocycles. The van der Waals surface area contributed by atoms with Crippen molar-refractivity contribution in [2.75, 3.05) is 31.1 Å². The second kappa shape index (κ2) is 29.3. The first-order chi connectivity index (χ1) is 25.4. The van der Waals surface area contributed by atoms with Crippen molar-refractivity contribution < 1.29 is 33.9 Å². The SMILES string of the molecule is CC/C=C\C/C=C\C/C=C\CCC/C=C\CCCC(=O)ONCCC(=O)NCCSSCCNC(=O)c1ccccc1OC(=O)c1ccccc1O. The first-order valence-electron chi connectivity index (χ1n) is 17.8. The highest BCUT2D eigenvalue weighted by atomic mass is 33.1. The highest BCUT2D eigenvalue weighted by molar-refractivity contribution is 8.76. The van der Waals surface area contributed by atoms with Crippen LogP contribution in [0.25, 0.3) is 0 Å². The summed E-state index contributed by atoms with van der Waals surface area (Å²) in [5, 5.41) is 15.5. The number of aromatic hydroxyl groups is 1. The van der Waals surface area contributed by atoms with Crippen LogP contribution in [-0.4, -0.2) is 60.0 Å². The second-order valence-corrected chi connectivity index (χ2v) is 14.1. The molecule has 2 aromatic carbocycles. The minimum Gasteiger partial charge on any atom is -0.507 e. The van der Waals surface area contributed by atoms with Crippen LogP contribution in [-0.2, 0) is 14.4 Å². The summed E-state index contributed by atoms with van der Waals surface area (Å²) in [7, 11) is 3.12. The number of esters is 1. The molecule has 0 saturated carbocycles. The van der Waals surface area contributed by atoms with Crippen LogP contribution in [0.15, 0.2) is 97.1 Å². The molecule has 0 spiro atoms. The Morgan fingerprint density at radius 2 is 1.29 bits per heavy atom. The highest BCUT2D eigenvalue weighted by Gasteiger charge is 2.18. The van der Waals surface area contributed by atoms with Gasteiger partial charge >= 0.3 is 11.9 Å². The molecule has 0 aliphatic heterocycles. The minimum absolute atomic E-state index is 0.00520. The van der Waals surface area contributed by atoms with Gasteiger partial charge in [-0.3, -0.25) is 14.4 Å². The van der Waals surface area contributed by atoms with Crippen molar-refractivity contribution in [3.63, 3.8) is 0 Å². The quantitative estimate of drug-likeness (QED) is 0.0177. The zero-order valence-electron chi connectivity index (χ0n) is 30.1. The van der Waals surface area contributed by atoms with Crippen LogP contribution in [0.3, 0.4) is 0 Å². The average Bonchev–Trinajstić information content (AvgIpc) is 3.14. The Hall–Kier alpha value is -4.26. The van der Waals surface area contributed by atoms with E-state index in [9.17, 15) is 24.3 Å². The third kappa shape index (κ3) is 21.2. The lowest BCUT2D eigenvalue weighted by molar-refractivity contribution is -0.151. The topological polar surface area (TPSA) is 143 Å². The maximum Gasteiger partial charge on any atom is 0.347 e. The zero-order valence-corrected chi connectivity index (χ0v) is 31.7. The predicted molar refractivity (Wildman–Crippen MR) is 212 cm³/mol. The van der Waals surface area contributed by atoms with Gasteiger partial charge < -0.3 is 25.3 Å². The third-order valence-corrected chi connectivity index (χ3v) is 9.51. The predicted octanol–water partition coefficient (Wildman–Crippen LogP) is 8.03. The lowest BCUT2D eigenvalue weighted by Gasteiger charge is -2.11. The smallest absolute Gasteiger partial charge is 0.347 e. The molecule has 0 heterocycles. The fourth-order valence-corrected chi connectivity index (χ4v) is 6.22.